The zero-order valence-corrected chi connectivity index (χ0v) is 23.3. The van der Waals surface area contributed by atoms with Gasteiger partial charge in [-0.15, -0.1) is 6.92 Å². The monoisotopic (exact) mass is 578 g/mol. The van der Waals surface area contributed by atoms with Gasteiger partial charge in [-0.3, -0.25) is 6.08 Å². The van der Waals surface area contributed by atoms with Crippen LogP contribution in [0.25, 0.3) is 5.73 Å². The fourth-order valence-electron chi connectivity index (χ4n) is 2.33. The van der Waals surface area contributed by atoms with Crippen LogP contribution in [0.2, 0.25) is 13.1 Å². The maximum atomic E-state index is 10.8. The van der Waals surface area contributed by atoms with Crippen molar-refractivity contribution in [3.63, 3.8) is 0 Å². The summed E-state index contributed by atoms with van der Waals surface area (Å²) in [4.78, 5) is 10.8. The molecule has 1 N–H and O–H groups in total. The van der Waals surface area contributed by atoms with Crippen molar-refractivity contribution in [2.45, 2.75) is 54.6 Å². The molecule has 0 spiro atoms. The van der Waals surface area contributed by atoms with Crippen LogP contribution in [0.5, 0.6) is 0 Å². The molecule has 1 aliphatic carbocycles. The first-order valence-corrected chi connectivity index (χ1v) is 10.3. The van der Waals surface area contributed by atoms with E-state index in [9.17, 15) is 4.79 Å². The molecule has 0 fully saturated rings. The molecule has 0 heterocycles. The fourth-order valence-corrected chi connectivity index (χ4v) is 2.33. The molecule has 0 saturated heterocycles. The zero-order valence-electron chi connectivity index (χ0n) is 17.1. The smallest absolute Gasteiger partial charge is 1.00 e. The number of aryl methyl sites for hydroxylation is 2. The van der Waals surface area contributed by atoms with E-state index in [1.54, 1.807) is 0 Å². The third-order valence-corrected chi connectivity index (χ3v) is 3.94. The summed E-state index contributed by atoms with van der Waals surface area (Å²) in [7, 11) is 0.750. The van der Waals surface area contributed by atoms with Crippen LogP contribution in [0.3, 0.4) is 0 Å². The quantitative estimate of drug-likeness (QED) is 0.335. The topological polar surface area (TPSA) is 40.9 Å². The first kappa shape index (κ1) is 33.4. The van der Waals surface area contributed by atoms with Crippen LogP contribution < -0.4 is 24.8 Å². The summed E-state index contributed by atoms with van der Waals surface area (Å²) in [5.41, 5.74) is 13.5. The summed E-state index contributed by atoms with van der Waals surface area (Å²) < 4.78 is 0. The van der Waals surface area contributed by atoms with E-state index in [0.29, 0.717) is 11.5 Å². The van der Waals surface area contributed by atoms with Crippen LogP contribution in [-0.4, -0.2) is 15.4 Å². The third-order valence-electron chi connectivity index (χ3n) is 3.94. The van der Waals surface area contributed by atoms with Crippen molar-refractivity contribution in [2.75, 3.05) is 0 Å². The summed E-state index contributed by atoms with van der Waals surface area (Å²) in [6.45, 7) is 16.8. The first-order valence-electron chi connectivity index (χ1n) is 8.01. The Kier molecular flexibility index (Phi) is 21.8. The number of benzene rings is 1. The number of allylic oxidation sites excluding steroid dienone is 4. The van der Waals surface area contributed by atoms with E-state index in [1.165, 1.54) is 16.7 Å². The number of amides is 1. The second-order valence-corrected chi connectivity index (χ2v) is 7.13. The zero-order chi connectivity index (χ0) is 18.2. The van der Waals surface area contributed by atoms with Gasteiger partial charge in [-0.2, -0.15) is 11.1 Å². The molecule has 0 aromatic heterocycles. The first-order chi connectivity index (χ1) is 10.7. The van der Waals surface area contributed by atoms with Crippen molar-refractivity contribution in [1.29, 1.82) is 0 Å². The molecule has 0 saturated carbocycles. The molecule has 26 heavy (non-hydrogen) atoms. The Labute approximate surface area is 193 Å². The molecule has 1 unspecified atom stereocenters. The number of rotatable bonds is 1. The van der Waals surface area contributed by atoms with Gasteiger partial charge >= 0.3 is 25.8 Å². The van der Waals surface area contributed by atoms with Gasteiger partial charge in [0.05, 0.1) is 5.91 Å². The van der Waals surface area contributed by atoms with E-state index in [0.717, 1.165) is 20.6 Å². The van der Waals surface area contributed by atoms with Gasteiger partial charge in [0.2, 0.25) is 0 Å². The minimum Gasteiger partial charge on any atom is -1.00 e. The van der Waals surface area contributed by atoms with Gasteiger partial charge in [0.25, 0.3) is 0 Å². The minimum atomic E-state index is -0.597. The van der Waals surface area contributed by atoms with Crippen molar-refractivity contribution in [3.8, 4) is 0 Å². The predicted molar refractivity (Wildman–Crippen MR) is 103 cm³/mol. The molecule has 1 aromatic carbocycles. The van der Waals surface area contributed by atoms with Gasteiger partial charge in [-0.1, -0.05) is 58.0 Å². The molecular formula is C20H30Cl2HfNOSi. The molecule has 0 bridgehead atoms. The van der Waals surface area contributed by atoms with Crippen molar-refractivity contribution >= 4 is 15.4 Å². The molecule has 2 nitrogen and oxygen atoms in total. The van der Waals surface area contributed by atoms with E-state index >= 15 is 0 Å². The van der Waals surface area contributed by atoms with Crippen molar-refractivity contribution in [1.82, 2.24) is 0 Å². The molecule has 1 atom stereocenters. The number of carbonyl (C=O) groups is 1. The van der Waals surface area contributed by atoms with Gasteiger partial charge in [-0.25, -0.2) is 5.57 Å². The maximum absolute atomic E-state index is 10.8. The van der Waals surface area contributed by atoms with Crippen LogP contribution in [0, 0.1) is 25.8 Å². The van der Waals surface area contributed by atoms with Crippen LogP contribution in [-0.2, 0) is 25.8 Å². The third kappa shape index (κ3) is 10.9. The Bertz CT molecular complexity index is 596. The maximum Gasteiger partial charge on any atom is 4.00 e. The van der Waals surface area contributed by atoms with Gasteiger partial charge in [0.15, 0.2) is 0 Å². The van der Waals surface area contributed by atoms with Gasteiger partial charge in [-0.05, 0) is 25.0 Å². The molecule has 1 aliphatic rings. The summed E-state index contributed by atoms with van der Waals surface area (Å²) >= 11 is 0. The molecule has 2 rings (SSSR count). The molecule has 143 valence electrons. The van der Waals surface area contributed by atoms with Gasteiger partial charge in [0, 0.05) is 15.1 Å². The summed E-state index contributed by atoms with van der Waals surface area (Å²) in [6, 6.07) is 5.57. The Morgan fingerprint density at radius 1 is 1.04 bits per heavy atom. The van der Waals surface area contributed by atoms with E-state index < -0.39 is 5.91 Å². The Balaban J connectivity index is -0.000000148. The molecule has 0 aliphatic heterocycles. The largest absolute Gasteiger partial charge is 4.00 e. The van der Waals surface area contributed by atoms with Crippen LogP contribution in [0.4, 0.5) is 0 Å². The predicted octanol–water partition coefficient (Wildman–Crippen LogP) is -0.258. The van der Waals surface area contributed by atoms with Crippen molar-refractivity contribution in [2.24, 2.45) is 5.92 Å². The van der Waals surface area contributed by atoms with E-state index in [1.807, 2.05) is 32.0 Å². The fraction of sp³-hybridized carbons (Fsp3) is 0.450. The van der Waals surface area contributed by atoms with Crippen LogP contribution in [0.1, 0.15) is 49.2 Å². The van der Waals surface area contributed by atoms with Crippen LogP contribution in [0.15, 0.2) is 34.9 Å². The number of halogens is 2. The molecular weight excluding hydrogens is 548 g/mol. The van der Waals surface area contributed by atoms with Crippen LogP contribution >= 0.6 is 0 Å². The normalized spacial score (nSPS) is 14.2. The van der Waals surface area contributed by atoms with Crippen molar-refractivity contribution < 1.29 is 55.5 Å². The molecule has 1 aromatic rings. The SMILES string of the molecule is CC1=[C-]C(C)C(C)=C1C.C[SiH]C.Cc1cccc(C)c1C([NH-])=O.[Cl-].[Cl-].[Hf+4]. The molecule has 6 heteroatoms. The average molecular weight is 578 g/mol. The van der Waals surface area contributed by atoms with E-state index in [4.69, 9.17) is 5.73 Å². The Morgan fingerprint density at radius 2 is 1.42 bits per heavy atom. The summed E-state index contributed by atoms with van der Waals surface area (Å²) in [6.07, 6.45) is 3.36. The van der Waals surface area contributed by atoms with E-state index in [-0.39, 0.29) is 50.7 Å². The Hall–Kier alpha value is -0.163. The minimum absolute atomic E-state index is 0. The summed E-state index contributed by atoms with van der Waals surface area (Å²) in [5, 5.41) is 0. The second-order valence-electron chi connectivity index (χ2n) is 5.97. The number of carbonyl (C=O) groups excluding carboxylic acids is 1. The number of hydrogen-bond acceptors (Lipinski definition) is 1. The standard InChI is InChI=1S/C9H11NO.C9H13.C2H7Si.2ClH.Hf/c1-6-4-3-5-7(2)8(6)9(10)11;1-6-5-7(2)9(4)8(6)3;1-3-2;;;/h3-5H,1-2H3,(H2,10,11);6H,1-4H3;3H,1-2H3;2*1H;/q;-1;;;;+4/p-3. The Morgan fingerprint density at radius 3 is 1.58 bits per heavy atom. The second kappa shape index (κ2) is 17.0. The van der Waals surface area contributed by atoms with Gasteiger partial charge < -0.3 is 35.3 Å². The van der Waals surface area contributed by atoms with E-state index in [2.05, 4.69) is 46.9 Å². The average Bonchev–Trinajstić information content (AvgIpc) is 2.66. The number of nitrogens with one attached hydrogen (secondary N) is 1. The summed E-state index contributed by atoms with van der Waals surface area (Å²) in [5.74, 6) is -0.0365. The number of hydrogen-bond donors (Lipinski definition) is 0. The molecule has 1 radical (unpaired) electrons. The van der Waals surface area contributed by atoms with Gasteiger partial charge in [0.1, 0.15) is 0 Å². The van der Waals surface area contributed by atoms with Crippen molar-refractivity contribution in [3.05, 3.63) is 63.4 Å². The molecule has 1 amide bonds.